The average molecular weight is 353 g/mol. The van der Waals surface area contributed by atoms with E-state index in [0.29, 0.717) is 0 Å². The molecule has 5 N–H and O–H groups in total. The molecule has 2 rings (SSSR count). The first kappa shape index (κ1) is 22.2. The van der Waals surface area contributed by atoms with Crippen LogP contribution in [0.2, 0.25) is 0 Å². The summed E-state index contributed by atoms with van der Waals surface area (Å²) >= 11 is 0. The summed E-state index contributed by atoms with van der Waals surface area (Å²) < 4.78 is 21.9. The number of hydrogen-bond acceptors (Lipinski definition) is 7. The van der Waals surface area contributed by atoms with Crippen LogP contribution in [0.4, 0.5) is 5.95 Å². The summed E-state index contributed by atoms with van der Waals surface area (Å²) in [6.07, 6.45) is -0.870. The third-order valence-electron chi connectivity index (χ3n) is 2.26. The Hall–Kier alpha value is 0.220. The second-order valence-corrected chi connectivity index (χ2v) is 5.37. The molecule has 11 nitrogen and oxygen atoms in total. The summed E-state index contributed by atoms with van der Waals surface area (Å²) in [5, 5.41) is 0. The van der Waals surface area contributed by atoms with Gasteiger partial charge >= 0.3 is 66.7 Å². The zero-order chi connectivity index (χ0) is 14.9. The van der Waals surface area contributed by atoms with E-state index in [-0.39, 0.29) is 76.2 Å². The number of rotatable bonds is 5. The maximum atomic E-state index is 11.6. The predicted molar refractivity (Wildman–Crippen MR) is 80.9 cm³/mol. The van der Waals surface area contributed by atoms with Gasteiger partial charge in [0.25, 0.3) is 5.56 Å². The van der Waals surface area contributed by atoms with Gasteiger partial charge in [0.15, 0.2) is 17.5 Å². The van der Waals surface area contributed by atoms with E-state index in [4.69, 9.17) is 25.0 Å². The molecule has 0 amide bonds. The fraction of sp³-hybridized carbons (Fsp3) is 0.375. The van der Waals surface area contributed by atoms with Crippen LogP contribution in [-0.2, 0) is 14.0 Å². The van der Waals surface area contributed by atoms with E-state index in [1.54, 1.807) is 0 Å². The standard InChI is InChI=1S/C8H12N5O6P.2Na.2H/c1-18-8(19-3-20(15,16)17)13-2-10-4-5(13)11-7(9)12-6(4)14;;;;/h2,8H,3H2,1H3,(H2,15,16,17)(H3,9,11,12,14);;;;. The van der Waals surface area contributed by atoms with Crippen molar-refractivity contribution in [2.24, 2.45) is 0 Å². The summed E-state index contributed by atoms with van der Waals surface area (Å²) in [4.78, 5) is 39.1. The molecule has 14 heteroatoms. The Balaban J connectivity index is 0.00000220. The van der Waals surface area contributed by atoms with Crippen molar-refractivity contribution in [1.82, 2.24) is 19.5 Å². The molecule has 0 aromatic carbocycles. The SMILES string of the molecule is COC(OCP(=O)(O)O)n1cnc2c(=O)[nH]c(N)nc21.[NaH].[NaH]. The number of methoxy groups -OCH3 is 1. The van der Waals surface area contributed by atoms with E-state index in [0.717, 1.165) is 0 Å². The van der Waals surface area contributed by atoms with Gasteiger partial charge in [0.2, 0.25) is 12.4 Å². The van der Waals surface area contributed by atoms with Gasteiger partial charge < -0.3 is 25.0 Å². The van der Waals surface area contributed by atoms with Crippen LogP contribution >= 0.6 is 7.60 Å². The number of nitrogens with zero attached hydrogens (tertiary/aromatic N) is 3. The molecule has 0 aliphatic carbocycles. The van der Waals surface area contributed by atoms with Crippen molar-refractivity contribution in [3.05, 3.63) is 16.7 Å². The van der Waals surface area contributed by atoms with Gasteiger partial charge in [-0.15, -0.1) is 0 Å². The van der Waals surface area contributed by atoms with Gasteiger partial charge in [-0.25, -0.2) is 4.98 Å². The minimum atomic E-state index is -4.36. The van der Waals surface area contributed by atoms with Crippen molar-refractivity contribution in [3.8, 4) is 0 Å². The van der Waals surface area contributed by atoms with E-state index in [9.17, 15) is 9.36 Å². The second-order valence-electron chi connectivity index (χ2n) is 3.78. The van der Waals surface area contributed by atoms with E-state index < -0.39 is 25.9 Å². The quantitative estimate of drug-likeness (QED) is 0.262. The van der Waals surface area contributed by atoms with Gasteiger partial charge in [-0.2, -0.15) is 4.98 Å². The zero-order valence-electron chi connectivity index (χ0n) is 10.3. The van der Waals surface area contributed by atoms with Gasteiger partial charge in [0.05, 0.1) is 0 Å². The third kappa shape index (κ3) is 5.39. The van der Waals surface area contributed by atoms with Crippen LogP contribution in [0.1, 0.15) is 6.41 Å². The summed E-state index contributed by atoms with van der Waals surface area (Å²) in [6.45, 7) is 0. The van der Waals surface area contributed by atoms with Crippen LogP contribution in [-0.4, -0.2) is 102 Å². The van der Waals surface area contributed by atoms with Crippen molar-refractivity contribution < 1.29 is 23.8 Å². The first-order valence-corrected chi connectivity index (χ1v) is 7.03. The van der Waals surface area contributed by atoms with Gasteiger partial charge in [-0.05, 0) is 0 Å². The first-order chi connectivity index (χ1) is 9.31. The Morgan fingerprint density at radius 3 is 2.68 bits per heavy atom. The molecular formula is C8H14N5Na2O6P. The average Bonchev–Trinajstić information content (AvgIpc) is 2.73. The number of aromatic nitrogens is 4. The molecular weight excluding hydrogens is 339 g/mol. The molecule has 2 heterocycles. The molecule has 1 atom stereocenters. The molecule has 2 aromatic rings. The molecule has 0 spiro atoms. The number of nitrogens with two attached hydrogens (primary N) is 1. The van der Waals surface area contributed by atoms with Crippen molar-refractivity contribution in [3.63, 3.8) is 0 Å². The van der Waals surface area contributed by atoms with Crippen molar-refractivity contribution in [2.75, 3.05) is 19.2 Å². The monoisotopic (exact) mass is 353 g/mol. The molecule has 0 fully saturated rings. The molecule has 0 aliphatic heterocycles. The fourth-order valence-corrected chi connectivity index (χ4v) is 1.84. The van der Waals surface area contributed by atoms with E-state index in [2.05, 4.69) is 15.0 Å². The van der Waals surface area contributed by atoms with Crippen LogP contribution in [0.25, 0.3) is 11.2 Å². The number of nitrogen functional groups attached to an aromatic ring is 1. The molecule has 0 radical (unpaired) electrons. The van der Waals surface area contributed by atoms with Crippen molar-refractivity contribution >= 4 is 83.8 Å². The molecule has 0 aliphatic rings. The molecule has 0 bridgehead atoms. The third-order valence-corrected chi connectivity index (χ3v) is 2.75. The Bertz CT molecular complexity index is 729. The summed E-state index contributed by atoms with van der Waals surface area (Å²) in [5.41, 5.74) is 4.95. The summed E-state index contributed by atoms with van der Waals surface area (Å²) in [5.74, 6) is -0.130. The van der Waals surface area contributed by atoms with E-state index in [1.165, 1.54) is 18.0 Å². The van der Waals surface area contributed by atoms with Crippen molar-refractivity contribution in [1.29, 1.82) is 0 Å². The fourth-order valence-electron chi connectivity index (χ4n) is 1.52. The van der Waals surface area contributed by atoms with Crippen LogP contribution in [0.3, 0.4) is 0 Å². The Morgan fingerprint density at radius 2 is 2.14 bits per heavy atom. The number of imidazole rings is 1. The Kier molecular flexibility index (Phi) is 8.99. The normalized spacial score (nSPS) is 12.5. The zero-order valence-corrected chi connectivity index (χ0v) is 11.1. The van der Waals surface area contributed by atoms with Crippen LogP contribution in [0.15, 0.2) is 11.1 Å². The van der Waals surface area contributed by atoms with Gasteiger partial charge in [-0.3, -0.25) is 18.9 Å². The molecule has 2 aromatic heterocycles. The topological polar surface area (TPSA) is 166 Å². The van der Waals surface area contributed by atoms with Crippen LogP contribution < -0.4 is 11.3 Å². The van der Waals surface area contributed by atoms with Crippen LogP contribution in [0, 0.1) is 0 Å². The number of hydrogen-bond donors (Lipinski definition) is 4. The van der Waals surface area contributed by atoms with Gasteiger partial charge in [0, 0.05) is 7.11 Å². The number of aromatic amines is 1. The Labute approximate surface area is 168 Å². The summed E-state index contributed by atoms with van der Waals surface area (Å²) in [6, 6.07) is 0. The summed E-state index contributed by atoms with van der Waals surface area (Å²) in [7, 11) is -3.11. The molecule has 0 saturated carbocycles. The predicted octanol–water partition coefficient (Wildman–Crippen LogP) is -2.34. The number of H-pyrrole nitrogens is 1. The molecule has 1 unspecified atom stereocenters. The number of anilines is 1. The molecule has 22 heavy (non-hydrogen) atoms. The maximum absolute atomic E-state index is 11.6. The Morgan fingerprint density at radius 1 is 1.50 bits per heavy atom. The number of fused-ring (bicyclic) bond motifs is 1. The minimum absolute atomic E-state index is 0. The van der Waals surface area contributed by atoms with Crippen LogP contribution in [0.5, 0.6) is 0 Å². The van der Waals surface area contributed by atoms with Crippen molar-refractivity contribution in [2.45, 2.75) is 6.41 Å². The van der Waals surface area contributed by atoms with Gasteiger partial charge in [-0.1, -0.05) is 0 Å². The molecule has 114 valence electrons. The van der Waals surface area contributed by atoms with Gasteiger partial charge in [0.1, 0.15) is 6.33 Å². The number of ether oxygens (including phenoxy) is 2. The van der Waals surface area contributed by atoms with E-state index in [1.807, 2.05) is 0 Å². The molecule has 0 saturated heterocycles. The second kappa shape index (κ2) is 8.90. The number of nitrogens with one attached hydrogen (secondary N) is 1. The first-order valence-electron chi connectivity index (χ1n) is 5.23. The van der Waals surface area contributed by atoms with E-state index >= 15 is 0 Å².